The summed E-state index contributed by atoms with van der Waals surface area (Å²) in [5, 5.41) is 14.0. The van der Waals surface area contributed by atoms with Crippen LogP contribution in [-0.4, -0.2) is 33.1 Å². The van der Waals surface area contributed by atoms with E-state index in [9.17, 15) is 19.7 Å². The number of amides is 1. The van der Waals surface area contributed by atoms with Crippen molar-refractivity contribution in [3.05, 3.63) is 62.6 Å². The Morgan fingerprint density at radius 3 is 2.37 bits per heavy atom. The summed E-state index contributed by atoms with van der Waals surface area (Å²) in [6, 6.07) is 9.37. The molecule has 1 amide bonds. The van der Waals surface area contributed by atoms with E-state index in [1.807, 2.05) is 6.07 Å². The largest absolute Gasteiger partial charge is 0.370 e. The van der Waals surface area contributed by atoms with E-state index in [0.717, 1.165) is 43.6 Å². The molecule has 2 heterocycles. The number of nitro benzene ring substituents is 1. The maximum absolute atomic E-state index is 12.9. The van der Waals surface area contributed by atoms with Gasteiger partial charge in [-0.2, -0.15) is 0 Å². The fraction of sp³-hybridized carbons (Fsp3) is 0.333. The summed E-state index contributed by atoms with van der Waals surface area (Å²) in [4.78, 5) is 38.0. The maximum Gasteiger partial charge on any atom is 0.328 e. The van der Waals surface area contributed by atoms with Gasteiger partial charge in [0.05, 0.1) is 27.3 Å². The molecule has 0 unspecified atom stereocenters. The summed E-state index contributed by atoms with van der Waals surface area (Å²) in [7, 11) is 3.42. The number of hydrogen-bond donors (Lipinski definition) is 1. The van der Waals surface area contributed by atoms with Crippen LogP contribution < -0.4 is 15.9 Å². The molecule has 4 rings (SSSR count). The highest BCUT2D eigenvalue weighted by Crippen LogP contribution is 2.33. The van der Waals surface area contributed by atoms with Crippen molar-refractivity contribution in [3.8, 4) is 0 Å². The van der Waals surface area contributed by atoms with Gasteiger partial charge >= 0.3 is 5.69 Å². The van der Waals surface area contributed by atoms with Crippen LogP contribution in [0.4, 0.5) is 17.1 Å². The Labute approximate surface area is 172 Å². The van der Waals surface area contributed by atoms with Crippen molar-refractivity contribution in [2.24, 2.45) is 14.1 Å². The third-order valence-corrected chi connectivity index (χ3v) is 5.65. The Balaban J connectivity index is 1.79. The van der Waals surface area contributed by atoms with Gasteiger partial charge in [-0.25, -0.2) is 4.79 Å². The van der Waals surface area contributed by atoms with Crippen LogP contribution >= 0.6 is 0 Å². The number of carbonyl (C=O) groups excluding carboxylic acids is 1. The smallest absolute Gasteiger partial charge is 0.328 e. The average Bonchev–Trinajstić information content (AvgIpc) is 2.97. The number of aryl methyl sites for hydroxylation is 2. The molecule has 0 spiro atoms. The van der Waals surface area contributed by atoms with Gasteiger partial charge in [0.25, 0.3) is 11.6 Å². The number of benzene rings is 2. The van der Waals surface area contributed by atoms with Gasteiger partial charge in [-0.05, 0) is 37.5 Å². The SMILES string of the molecule is Cn1c(=O)n(C)c2cc(N3CCCCC3)c(NC(=O)c3cccc([N+](=O)[O-])c3)cc21. The molecular weight excluding hydrogens is 386 g/mol. The first kappa shape index (κ1) is 19.7. The number of nitrogens with zero attached hydrogens (tertiary/aromatic N) is 4. The van der Waals surface area contributed by atoms with Gasteiger partial charge in [-0.15, -0.1) is 0 Å². The molecule has 0 aliphatic carbocycles. The van der Waals surface area contributed by atoms with Crippen LogP contribution in [0, 0.1) is 10.1 Å². The maximum atomic E-state index is 12.9. The van der Waals surface area contributed by atoms with Gasteiger partial charge in [-0.3, -0.25) is 24.0 Å². The lowest BCUT2D eigenvalue weighted by Crippen LogP contribution is -2.30. The lowest BCUT2D eigenvalue weighted by molar-refractivity contribution is -0.384. The van der Waals surface area contributed by atoms with Gasteiger partial charge in [-0.1, -0.05) is 6.07 Å². The number of non-ortho nitro benzene ring substituents is 1. The standard InChI is InChI=1S/C21H23N5O4/c1-23-18-12-16(22-20(27)14-7-6-8-15(11-14)26(29)30)17(25-9-4-3-5-10-25)13-19(18)24(2)21(23)28/h6-8,11-13H,3-5,9-10H2,1-2H3,(H,22,27). The number of nitrogens with one attached hydrogen (secondary N) is 1. The van der Waals surface area contributed by atoms with E-state index >= 15 is 0 Å². The number of imidazole rings is 1. The molecule has 1 aliphatic heterocycles. The van der Waals surface area contributed by atoms with Gasteiger partial charge in [0, 0.05) is 44.9 Å². The van der Waals surface area contributed by atoms with E-state index in [-0.39, 0.29) is 16.9 Å². The molecule has 1 fully saturated rings. The molecule has 156 valence electrons. The van der Waals surface area contributed by atoms with Crippen molar-refractivity contribution in [3.63, 3.8) is 0 Å². The predicted octanol–water partition coefficient (Wildman–Crippen LogP) is 3.03. The fourth-order valence-electron chi connectivity index (χ4n) is 3.99. The quantitative estimate of drug-likeness (QED) is 0.527. The van der Waals surface area contributed by atoms with Gasteiger partial charge < -0.3 is 10.2 Å². The molecule has 9 nitrogen and oxygen atoms in total. The third-order valence-electron chi connectivity index (χ3n) is 5.65. The Bertz CT molecular complexity index is 1200. The Morgan fingerprint density at radius 1 is 1.03 bits per heavy atom. The minimum absolute atomic E-state index is 0.139. The average molecular weight is 409 g/mol. The van der Waals surface area contributed by atoms with E-state index < -0.39 is 10.8 Å². The zero-order valence-electron chi connectivity index (χ0n) is 16.9. The topological polar surface area (TPSA) is 102 Å². The van der Waals surface area contributed by atoms with Crippen LogP contribution in [0.2, 0.25) is 0 Å². The summed E-state index contributed by atoms with van der Waals surface area (Å²) in [5.41, 5.74) is 2.85. The van der Waals surface area contributed by atoms with Crippen molar-refractivity contribution >= 4 is 34.0 Å². The number of rotatable bonds is 4. The Hall–Kier alpha value is -3.62. The van der Waals surface area contributed by atoms with Crippen LogP contribution in [0.15, 0.2) is 41.2 Å². The first-order chi connectivity index (χ1) is 14.4. The van der Waals surface area contributed by atoms with Crippen molar-refractivity contribution in [2.75, 3.05) is 23.3 Å². The summed E-state index contributed by atoms with van der Waals surface area (Å²) in [6.45, 7) is 1.73. The first-order valence-corrected chi connectivity index (χ1v) is 9.87. The zero-order valence-corrected chi connectivity index (χ0v) is 16.9. The van der Waals surface area contributed by atoms with Crippen molar-refractivity contribution in [2.45, 2.75) is 19.3 Å². The van der Waals surface area contributed by atoms with Crippen LogP contribution in [0.3, 0.4) is 0 Å². The number of anilines is 2. The van der Waals surface area contributed by atoms with Crippen LogP contribution in [0.5, 0.6) is 0 Å². The van der Waals surface area contributed by atoms with Crippen molar-refractivity contribution in [1.82, 2.24) is 9.13 Å². The molecule has 0 saturated carbocycles. The van der Waals surface area contributed by atoms with Crippen LogP contribution in [0.1, 0.15) is 29.6 Å². The van der Waals surface area contributed by atoms with Crippen LogP contribution in [0.25, 0.3) is 11.0 Å². The lowest BCUT2D eigenvalue weighted by Gasteiger charge is -2.30. The van der Waals surface area contributed by atoms with E-state index in [0.29, 0.717) is 11.2 Å². The molecule has 2 aromatic carbocycles. The van der Waals surface area contributed by atoms with E-state index in [2.05, 4.69) is 10.2 Å². The minimum Gasteiger partial charge on any atom is -0.370 e. The van der Waals surface area contributed by atoms with Gasteiger partial charge in [0.2, 0.25) is 0 Å². The third kappa shape index (κ3) is 3.42. The highest BCUT2D eigenvalue weighted by atomic mass is 16.6. The molecule has 30 heavy (non-hydrogen) atoms. The molecule has 0 radical (unpaired) electrons. The number of aromatic nitrogens is 2. The van der Waals surface area contributed by atoms with E-state index in [4.69, 9.17) is 0 Å². The van der Waals surface area contributed by atoms with Crippen molar-refractivity contribution < 1.29 is 9.72 Å². The Morgan fingerprint density at radius 2 is 1.70 bits per heavy atom. The predicted molar refractivity (Wildman–Crippen MR) is 115 cm³/mol. The molecule has 1 saturated heterocycles. The summed E-state index contributed by atoms with van der Waals surface area (Å²) in [5.74, 6) is -0.433. The number of fused-ring (bicyclic) bond motifs is 1. The Kier molecular flexibility index (Phi) is 5.03. The number of hydrogen-bond acceptors (Lipinski definition) is 5. The highest BCUT2D eigenvalue weighted by Gasteiger charge is 2.21. The van der Waals surface area contributed by atoms with E-state index in [1.165, 1.54) is 18.2 Å². The number of carbonyl (C=O) groups is 1. The first-order valence-electron chi connectivity index (χ1n) is 9.87. The molecule has 1 N–H and O–H groups in total. The minimum atomic E-state index is -0.526. The summed E-state index contributed by atoms with van der Waals surface area (Å²) < 4.78 is 3.13. The highest BCUT2D eigenvalue weighted by molar-refractivity contribution is 6.07. The van der Waals surface area contributed by atoms with Crippen LogP contribution in [-0.2, 0) is 14.1 Å². The molecular formula is C21H23N5O4. The molecule has 0 atom stereocenters. The summed E-state index contributed by atoms with van der Waals surface area (Å²) >= 11 is 0. The number of nitro groups is 1. The molecule has 1 aliphatic rings. The second-order valence-corrected chi connectivity index (χ2v) is 7.57. The second-order valence-electron chi connectivity index (χ2n) is 7.57. The lowest BCUT2D eigenvalue weighted by atomic mass is 10.1. The molecule has 0 bridgehead atoms. The van der Waals surface area contributed by atoms with Crippen molar-refractivity contribution in [1.29, 1.82) is 0 Å². The normalized spacial score (nSPS) is 14.1. The van der Waals surface area contributed by atoms with E-state index in [1.54, 1.807) is 35.4 Å². The molecule has 9 heteroatoms. The summed E-state index contributed by atoms with van der Waals surface area (Å²) in [6.07, 6.45) is 3.28. The zero-order chi connectivity index (χ0) is 21.4. The molecule has 1 aromatic heterocycles. The number of piperidine rings is 1. The monoisotopic (exact) mass is 409 g/mol. The molecule has 3 aromatic rings. The van der Waals surface area contributed by atoms with Gasteiger partial charge in [0.15, 0.2) is 0 Å². The second kappa shape index (κ2) is 7.66. The van der Waals surface area contributed by atoms with Gasteiger partial charge in [0.1, 0.15) is 0 Å². The fourth-order valence-corrected chi connectivity index (χ4v) is 3.99.